The van der Waals surface area contributed by atoms with Crippen molar-refractivity contribution in [3.63, 3.8) is 0 Å². The van der Waals surface area contributed by atoms with Gasteiger partial charge in [0.2, 0.25) is 0 Å². The molecule has 3 aromatic rings. The van der Waals surface area contributed by atoms with Gasteiger partial charge in [0.25, 0.3) is 5.69 Å². The fraction of sp³-hybridized carbons (Fsp3) is 0.292. The van der Waals surface area contributed by atoms with Crippen LogP contribution in [0.1, 0.15) is 43.7 Å². The molecule has 0 bridgehead atoms. The number of anilines is 1. The molecule has 4 rings (SSSR count). The van der Waals surface area contributed by atoms with Crippen molar-refractivity contribution in [2.75, 3.05) is 19.0 Å². The van der Waals surface area contributed by atoms with Crippen LogP contribution in [0.25, 0.3) is 21.9 Å². The monoisotopic (exact) mass is 404 g/mol. The lowest BCUT2D eigenvalue weighted by Gasteiger charge is -2.18. The molecule has 6 nitrogen and oxygen atoms in total. The van der Waals surface area contributed by atoms with Crippen LogP contribution in [0.15, 0.2) is 42.5 Å². The van der Waals surface area contributed by atoms with Crippen LogP contribution in [0, 0.1) is 10.1 Å². The van der Waals surface area contributed by atoms with Gasteiger partial charge in [-0.15, -0.1) is 0 Å². The fourth-order valence-electron chi connectivity index (χ4n) is 4.46. The van der Waals surface area contributed by atoms with Crippen LogP contribution in [0.2, 0.25) is 0 Å². The second-order valence-electron chi connectivity index (χ2n) is 7.92. The molecule has 1 aliphatic rings. The average Bonchev–Trinajstić information content (AvgIpc) is 3.00. The van der Waals surface area contributed by atoms with Gasteiger partial charge in [0.15, 0.2) is 0 Å². The van der Waals surface area contributed by atoms with E-state index in [4.69, 9.17) is 4.74 Å². The number of fused-ring (bicyclic) bond motifs is 5. The van der Waals surface area contributed by atoms with Crippen molar-refractivity contribution in [1.82, 2.24) is 0 Å². The Kier molecular flexibility index (Phi) is 4.94. The molecule has 1 aliphatic carbocycles. The van der Waals surface area contributed by atoms with E-state index < -0.39 is 10.9 Å². The number of hydrogen-bond acceptors (Lipinski definition) is 5. The van der Waals surface area contributed by atoms with E-state index in [2.05, 4.69) is 30.0 Å². The molecule has 3 aromatic carbocycles. The lowest BCUT2D eigenvalue weighted by molar-refractivity contribution is -0.384. The van der Waals surface area contributed by atoms with Crippen LogP contribution in [-0.4, -0.2) is 25.0 Å². The maximum atomic E-state index is 11.7. The summed E-state index contributed by atoms with van der Waals surface area (Å²) in [6.07, 6.45) is 1.98. The molecule has 0 amide bonds. The molecular weight excluding hydrogens is 380 g/mol. The molecule has 0 saturated heterocycles. The topological polar surface area (TPSA) is 72.7 Å². The van der Waals surface area contributed by atoms with E-state index in [1.54, 1.807) is 6.07 Å². The summed E-state index contributed by atoms with van der Waals surface area (Å²) in [6.45, 7) is 3.50. The lowest BCUT2D eigenvalue weighted by Crippen LogP contribution is -2.09. The number of nitro groups is 1. The largest absolute Gasteiger partial charge is 0.426 e. The third-order valence-corrected chi connectivity index (χ3v) is 5.73. The van der Waals surface area contributed by atoms with Crippen molar-refractivity contribution in [2.45, 2.75) is 32.6 Å². The summed E-state index contributed by atoms with van der Waals surface area (Å²) < 4.78 is 5.49. The van der Waals surface area contributed by atoms with Crippen molar-refractivity contribution < 1.29 is 14.5 Å². The highest BCUT2D eigenvalue weighted by Gasteiger charge is 2.32. The normalized spacial score (nSPS) is 14.3. The molecule has 1 atom stereocenters. The quantitative estimate of drug-likeness (QED) is 0.238. The third kappa shape index (κ3) is 3.18. The van der Waals surface area contributed by atoms with Crippen LogP contribution in [0.5, 0.6) is 5.75 Å². The van der Waals surface area contributed by atoms with Crippen LogP contribution >= 0.6 is 0 Å². The molecule has 0 spiro atoms. The van der Waals surface area contributed by atoms with Gasteiger partial charge in [-0.25, -0.2) is 0 Å². The third-order valence-electron chi connectivity index (χ3n) is 5.73. The first-order valence-corrected chi connectivity index (χ1v) is 10.1. The Labute approximate surface area is 175 Å². The number of nitrogens with zero attached hydrogens (tertiary/aromatic N) is 2. The second-order valence-corrected chi connectivity index (χ2v) is 7.92. The van der Waals surface area contributed by atoms with Gasteiger partial charge in [0.1, 0.15) is 5.75 Å². The smallest absolute Gasteiger partial charge is 0.308 e. The molecule has 0 aromatic heterocycles. The Bertz CT molecular complexity index is 1180. The minimum atomic E-state index is -0.450. The molecule has 0 aliphatic heterocycles. The number of esters is 1. The van der Waals surface area contributed by atoms with Gasteiger partial charge < -0.3 is 9.64 Å². The van der Waals surface area contributed by atoms with Gasteiger partial charge >= 0.3 is 5.97 Å². The number of carbonyl (C=O) groups is 1. The minimum Gasteiger partial charge on any atom is -0.426 e. The number of benzene rings is 3. The summed E-state index contributed by atoms with van der Waals surface area (Å²) in [7, 11) is 4.04. The summed E-state index contributed by atoms with van der Waals surface area (Å²) in [5.41, 5.74) is 5.67. The van der Waals surface area contributed by atoms with E-state index in [0.29, 0.717) is 11.1 Å². The fourth-order valence-corrected chi connectivity index (χ4v) is 4.46. The highest BCUT2D eigenvalue weighted by Crippen LogP contribution is 2.52. The van der Waals surface area contributed by atoms with Crippen LogP contribution in [0.4, 0.5) is 11.4 Å². The SMILES string of the molecule is CCCC1c2cc(N(C)C)ccc2-c2cc(OC(C)=O)c3cc([N+](=O)[O-])ccc3c21. The zero-order chi connectivity index (χ0) is 21.6. The van der Waals surface area contributed by atoms with Gasteiger partial charge in [-0.1, -0.05) is 19.4 Å². The molecule has 0 heterocycles. The zero-order valence-electron chi connectivity index (χ0n) is 17.6. The number of hydrogen-bond donors (Lipinski definition) is 0. The zero-order valence-corrected chi connectivity index (χ0v) is 17.6. The minimum absolute atomic E-state index is 0.0201. The van der Waals surface area contributed by atoms with Gasteiger partial charge in [0, 0.05) is 50.1 Å². The molecule has 0 saturated carbocycles. The molecule has 0 radical (unpaired) electrons. The van der Waals surface area contributed by atoms with Crippen molar-refractivity contribution in [1.29, 1.82) is 0 Å². The Morgan fingerprint density at radius 1 is 1.10 bits per heavy atom. The Morgan fingerprint density at radius 2 is 1.87 bits per heavy atom. The molecule has 0 fully saturated rings. The highest BCUT2D eigenvalue weighted by atomic mass is 16.6. The van der Waals surface area contributed by atoms with Crippen LogP contribution in [0.3, 0.4) is 0 Å². The Hall–Kier alpha value is -3.41. The summed E-state index contributed by atoms with van der Waals surface area (Å²) in [5, 5.41) is 12.8. The first-order chi connectivity index (χ1) is 14.3. The highest BCUT2D eigenvalue weighted by molar-refractivity contribution is 6.02. The van der Waals surface area contributed by atoms with Crippen molar-refractivity contribution >= 4 is 28.1 Å². The number of ether oxygens (including phenoxy) is 1. The molecule has 154 valence electrons. The van der Waals surface area contributed by atoms with E-state index in [9.17, 15) is 14.9 Å². The predicted molar refractivity (Wildman–Crippen MR) is 118 cm³/mol. The molecule has 6 heteroatoms. The van der Waals surface area contributed by atoms with Crippen molar-refractivity contribution in [2.24, 2.45) is 0 Å². The molecule has 1 unspecified atom stereocenters. The number of nitro benzene ring substituents is 1. The van der Waals surface area contributed by atoms with E-state index >= 15 is 0 Å². The summed E-state index contributed by atoms with van der Waals surface area (Å²) in [6, 6.07) is 13.1. The van der Waals surface area contributed by atoms with Crippen molar-refractivity contribution in [3.8, 4) is 16.9 Å². The predicted octanol–water partition coefficient (Wildman–Crippen LogP) is 5.65. The van der Waals surface area contributed by atoms with E-state index in [1.165, 1.54) is 24.6 Å². The van der Waals surface area contributed by atoms with E-state index in [-0.39, 0.29) is 11.6 Å². The Morgan fingerprint density at radius 3 is 2.50 bits per heavy atom. The summed E-state index contributed by atoms with van der Waals surface area (Å²) >= 11 is 0. The van der Waals surface area contributed by atoms with Gasteiger partial charge in [-0.2, -0.15) is 0 Å². The second kappa shape index (κ2) is 7.44. The van der Waals surface area contributed by atoms with Gasteiger partial charge in [0.05, 0.1) is 4.92 Å². The lowest BCUT2D eigenvalue weighted by atomic mass is 9.88. The molecular formula is C24H24N2O4. The number of carbonyl (C=O) groups excluding carboxylic acids is 1. The van der Waals surface area contributed by atoms with Crippen LogP contribution < -0.4 is 9.64 Å². The summed E-state index contributed by atoms with van der Waals surface area (Å²) in [5.74, 6) is 0.101. The summed E-state index contributed by atoms with van der Waals surface area (Å²) in [4.78, 5) is 24.8. The van der Waals surface area contributed by atoms with E-state index in [1.807, 2.05) is 20.2 Å². The number of rotatable bonds is 5. The maximum absolute atomic E-state index is 11.7. The molecule has 0 N–H and O–H groups in total. The van der Waals surface area contributed by atoms with Crippen molar-refractivity contribution in [3.05, 3.63) is 63.7 Å². The average molecular weight is 404 g/mol. The Balaban J connectivity index is 2.04. The first kappa shape index (κ1) is 19.9. The van der Waals surface area contributed by atoms with Gasteiger partial charge in [-0.3, -0.25) is 14.9 Å². The maximum Gasteiger partial charge on any atom is 0.308 e. The van der Waals surface area contributed by atoms with Gasteiger partial charge in [-0.05, 0) is 58.3 Å². The van der Waals surface area contributed by atoms with E-state index in [0.717, 1.165) is 40.6 Å². The number of non-ortho nitro benzene ring substituents is 1. The standard InChI is InChI=1S/C24H24N2O4/c1-5-6-18-20-11-15(25(3)4)7-9-17(20)22-13-23(30-14(2)27)21-12-16(26(28)29)8-10-19(21)24(18)22/h7-13,18H,5-6H2,1-4H3. The first-order valence-electron chi connectivity index (χ1n) is 10.1. The molecule has 30 heavy (non-hydrogen) atoms. The van der Waals surface area contributed by atoms with Crippen LogP contribution in [-0.2, 0) is 4.79 Å².